The lowest BCUT2D eigenvalue weighted by Crippen LogP contribution is -2.40. The first-order valence-corrected chi connectivity index (χ1v) is 12.2. The number of benzene rings is 2. The number of hydrogen-bond donors (Lipinski definition) is 1. The molecule has 0 spiro atoms. The number of rotatable bonds is 10. The molecule has 11 nitrogen and oxygen atoms in total. The summed E-state index contributed by atoms with van der Waals surface area (Å²) in [6.07, 6.45) is 0. The second-order valence-corrected chi connectivity index (χ2v) is 8.87. The summed E-state index contributed by atoms with van der Waals surface area (Å²) in [4.78, 5) is 31.3. The van der Waals surface area contributed by atoms with Gasteiger partial charge in [0.2, 0.25) is 5.75 Å². The van der Waals surface area contributed by atoms with Gasteiger partial charge in [-0.05, 0) is 53.4 Å². The summed E-state index contributed by atoms with van der Waals surface area (Å²) < 4.78 is 28.9. The molecule has 4 aromatic rings. The largest absolute Gasteiger partial charge is 0.493 e. The molecule has 0 unspecified atom stereocenters. The summed E-state index contributed by atoms with van der Waals surface area (Å²) >= 11 is 0. The van der Waals surface area contributed by atoms with E-state index >= 15 is 0 Å². The summed E-state index contributed by atoms with van der Waals surface area (Å²) in [7, 11) is 9.05. The van der Waals surface area contributed by atoms with E-state index in [0.29, 0.717) is 56.3 Å². The first-order chi connectivity index (χ1) is 19.3. The van der Waals surface area contributed by atoms with Crippen molar-refractivity contribution in [1.82, 2.24) is 9.66 Å². The molecule has 0 saturated carbocycles. The van der Waals surface area contributed by atoms with Crippen LogP contribution in [0.2, 0.25) is 0 Å². The zero-order valence-electron chi connectivity index (χ0n) is 23.2. The number of pyridine rings is 2. The Kier molecular flexibility index (Phi) is 8.44. The molecular weight excluding hydrogens is 518 g/mol. The smallest absolute Gasteiger partial charge is 0.357 e. The Bertz CT molecular complexity index is 1590. The predicted molar refractivity (Wildman–Crippen MR) is 149 cm³/mol. The van der Waals surface area contributed by atoms with Crippen molar-refractivity contribution in [3.8, 4) is 34.1 Å². The molecule has 0 fully saturated rings. The predicted octanol–water partition coefficient (Wildman–Crippen LogP) is 3.14. The van der Waals surface area contributed by atoms with E-state index in [1.807, 2.05) is 0 Å². The van der Waals surface area contributed by atoms with Gasteiger partial charge >= 0.3 is 5.97 Å². The van der Waals surface area contributed by atoms with E-state index in [1.165, 1.54) is 38.1 Å². The van der Waals surface area contributed by atoms with Crippen LogP contribution in [0.1, 0.15) is 21.9 Å². The second kappa shape index (κ2) is 12.0. The number of esters is 1. The maximum Gasteiger partial charge on any atom is 0.357 e. The van der Waals surface area contributed by atoms with Gasteiger partial charge in [0, 0.05) is 19.7 Å². The molecule has 0 aliphatic rings. The Balaban J connectivity index is 1.98. The summed E-state index contributed by atoms with van der Waals surface area (Å²) in [6.45, 7) is -0.0542. The van der Waals surface area contributed by atoms with Crippen molar-refractivity contribution in [2.75, 3.05) is 47.5 Å². The minimum absolute atomic E-state index is 0.0259. The Labute approximate surface area is 231 Å². The number of carbonyl (C=O) groups is 1. The monoisotopic (exact) mass is 549 g/mol. The Hall–Kier alpha value is -4.77. The van der Waals surface area contributed by atoms with E-state index in [4.69, 9.17) is 23.7 Å². The molecular formula is C29H31N3O8. The van der Waals surface area contributed by atoms with Gasteiger partial charge in [-0.1, -0.05) is 6.07 Å². The maximum absolute atomic E-state index is 13.8. The quantitative estimate of drug-likeness (QED) is 0.295. The highest BCUT2D eigenvalue weighted by atomic mass is 16.5. The van der Waals surface area contributed by atoms with Crippen molar-refractivity contribution in [3.05, 3.63) is 76.0 Å². The summed E-state index contributed by atoms with van der Waals surface area (Å²) in [5, 5.41) is 11.7. The summed E-state index contributed by atoms with van der Waals surface area (Å²) in [5.41, 5.74) is 1.70. The van der Waals surface area contributed by atoms with Crippen molar-refractivity contribution >= 4 is 16.7 Å². The van der Waals surface area contributed by atoms with Gasteiger partial charge in [-0.25, -0.2) is 9.47 Å². The number of nitrogens with zero attached hydrogens (tertiary/aromatic N) is 3. The van der Waals surface area contributed by atoms with Crippen LogP contribution in [-0.4, -0.2) is 63.3 Å². The molecule has 2 aromatic heterocycles. The van der Waals surface area contributed by atoms with E-state index in [1.54, 1.807) is 62.6 Å². The van der Waals surface area contributed by atoms with Crippen LogP contribution in [0, 0.1) is 0 Å². The number of fused-ring (bicyclic) bond motifs is 1. The average molecular weight is 550 g/mol. The molecule has 2 heterocycles. The van der Waals surface area contributed by atoms with Crippen LogP contribution in [-0.2, 0) is 18.0 Å². The van der Waals surface area contributed by atoms with Gasteiger partial charge in [0.15, 0.2) is 17.2 Å². The zero-order chi connectivity index (χ0) is 29.0. The van der Waals surface area contributed by atoms with E-state index in [9.17, 15) is 14.7 Å². The third-order valence-corrected chi connectivity index (χ3v) is 6.28. The van der Waals surface area contributed by atoms with Crippen molar-refractivity contribution in [2.24, 2.45) is 0 Å². The fourth-order valence-corrected chi connectivity index (χ4v) is 4.50. The van der Waals surface area contributed by atoms with Crippen LogP contribution in [0.25, 0.3) is 21.9 Å². The minimum Gasteiger partial charge on any atom is -0.493 e. The van der Waals surface area contributed by atoms with Crippen LogP contribution in [0.5, 0.6) is 23.0 Å². The number of carbonyl (C=O) groups excluding carboxylic acids is 1. The van der Waals surface area contributed by atoms with Crippen LogP contribution in [0.15, 0.2) is 53.3 Å². The Morgan fingerprint density at radius 2 is 1.60 bits per heavy atom. The molecule has 2 aromatic carbocycles. The topological polar surface area (TPSA) is 122 Å². The molecule has 0 atom stereocenters. The minimum atomic E-state index is -0.702. The van der Waals surface area contributed by atoms with Gasteiger partial charge < -0.3 is 33.8 Å². The molecule has 40 heavy (non-hydrogen) atoms. The van der Waals surface area contributed by atoms with Crippen LogP contribution < -0.4 is 29.5 Å². The zero-order valence-corrected chi connectivity index (χ0v) is 23.2. The molecule has 210 valence electrons. The molecule has 11 heteroatoms. The van der Waals surface area contributed by atoms with Gasteiger partial charge in [0.1, 0.15) is 12.4 Å². The van der Waals surface area contributed by atoms with Crippen molar-refractivity contribution < 1.29 is 33.6 Å². The number of aliphatic hydroxyl groups is 1. The van der Waals surface area contributed by atoms with Crippen LogP contribution >= 0.6 is 0 Å². The maximum atomic E-state index is 13.8. The van der Waals surface area contributed by atoms with Crippen LogP contribution in [0.4, 0.5) is 0 Å². The highest BCUT2D eigenvalue weighted by molar-refractivity contribution is 6.07. The number of hydrogen-bond acceptors (Lipinski definition) is 10. The summed E-state index contributed by atoms with van der Waals surface area (Å²) in [6, 6.07) is 13.7. The Morgan fingerprint density at radius 3 is 2.17 bits per heavy atom. The highest BCUT2D eigenvalue weighted by Crippen LogP contribution is 2.43. The molecule has 0 aliphatic carbocycles. The third kappa shape index (κ3) is 5.23. The third-order valence-electron chi connectivity index (χ3n) is 6.28. The standard InChI is InChI=1S/C29H31N3O8/c1-31(2)32-26(29(35)39-6)25(17-12-23(36-3)27(38-5)24(13-17)37-4)21-11-10-20(14-22(21)28(32)34)40-16-19-9-7-8-18(15-33)30-19/h7-14,33H,15-16H2,1-6H3. The van der Waals surface area contributed by atoms with Crippen LogP contribution in [0.3, 0.4) is 0 Å². The first-order valence-electron chi connectivity index (χ1n) is 12.2. The first kappa shape index (κ1) is 28.2. The fraction of sp³-hybridized carbons (Fsp3) is 0.276. The molecule has 4 rings (SSSR count). The van der Waals surface area contributed by atoms with Crippen molar-refractivity contribution in [2.45, 2.75) is 13.2 Å². The molecule has 0 aliphatic heterocycles. The van der Waals surface area contributed by atoms with Crippen molar-refractivity contribution in [3.63, 3.8) is 0 Å². The van der Waals surface area contributed by atoms with Gasteiger partial charge in [-0.3, -0.25) is 9.78 Å². The average Bonchev–Trinajstić information content (AvgIpc) is 2.98. The normalized spacial score (nSPS) is 10.8. The summed E-state index contributed by atoms with van der Waals surface area (Å²) in [5.74, 6) is 0.856. The molecule has 0 saturated heterocycles. The van der Waals surface area contributed by atoms with Gasteiger partial charge in [-0.2, -0.15) is 0 Å². The number of methoxy groups -OCH3 is 4. The lowest BCUT2D eigenvalue weighted by atomic mass is 9.96. The number of aliphatic hydroxyl groups excluding tert-OH is 1. The molecule has 0 bridgehead atoms. The van der Waals surface area contributed by atoms with Crippen molar-refractivity contribution in [1.29, 1.82) is 0 Å². The van der Waals surface area contributed by atoms with Gasteiger partial charge in [0.05, 0.1) is 51.8 Å². The highest BCUT2D eigenvalue weighted by Gasteiger charge is 2.27. The van der Waals surface area contributed by atoms with E-state index in [2.05, 4.69) is 4.98 Å². The number of aromatic nitrogens is 2. The van der Waals surface area contributed by atoms with E-state index in [0.717, 1.165) is 0 Å². The Morgan fingerprint density at radius 1 is 0.925 bits per heavy atom. The van der Waals surface area contributed by atoms with Gasteiger partial charge in [0.25, 0.3) is 5.56 Å². The molecule has 0 amide bonds. The second-order valence-electron chi connectivity index (χ2n) is 8.87. The molecule has 1 N–H and O–H groups in total. The fourth-order valence-electron chi connectivity index (χ4n) is 4.50. The molecule has 0 radical (unpaired) electrons. The van der Waals surface area contributed by atoms with Gasteiger partial charge in [-0.15, -0.1) is 0 Å². The lowest BCUT2D eigenvalue weighted by Gasteiger charge is -2.24. The van der Waals surface area contributed by atoms with E-state index < -0.39 is 11.5 Å². The number of ether oxygens (including phenoxy) is 5. The lowest BCUT2D eigenvalue weighted by molar-refractivity contribution is 0.0588. The SMILES string of the molecule is COC(=O)c1c(-c2cc(OC)c(OC)c(OC)c2)c2ccc(OCc3cccc(CO)n3)cc2c(=O)n1N(C)C. The van der Waals surface area contributed by atoms with E-state index in [-0.39, 0.29) is 18.9 Å².